The van der Waals surface area contributed by atoms with Gasteiger partial charge < -0.3 is 20.7 Å². The number of nitrogens with one attached hydrogen (secondary N) is 3. The van der Waals surface area contributed by atoms with Crippen LogP contribution in [-0.2, 0) is 27.3 Å². The van der Waals surface area contributed by atoms with Crippen molar-refractivity contribution in [3.63, 3.8) is 0 Å². The lowest BCUT2D eigenvalue weighted by molar-refractivity contribution is -0.120. The maximum atomic E-state index is 13.3. The highest BCUT2D eigenvalue weighted by Gasteiger charge is 2.16. The van der Waals surface area contributed by atoms with Gasteiger partial charge in [-0.05, 0) is 50.1 Å². The maximum Gasteiger partial charge on any atom is 0.408 e. The molecule has 0 unspecified atom stereocenters. The first-order valence-corrected chi connectivity index (χ1v) is 9.48. The highest BCUT2D eigenvalue weighted by Crippen LogP contribution is 2.15. The second-order valence-electron chi connectivity index (χ2n) is 7.64. The standard InChI is InChI=1S/C22H26FN3O4/c1-22(2,3)30-21(29)25-14-20(28)24-13-16-8-4-5-10-18(16)26-19(27)12-15-7-6-9-17(23)11-15/h4-11H,12-14H2,1-3H3,(H,24,28)(H,25,29)(H,26,27). The Balaban J connectivity index is 1.86. The molecule has 0 aliphatic carbocycles. The minimum Gasteiger partial charge on any atom is -0.444 e. The average molecular weight is 415 g/mol. The van der Waals surface area contributed by atoms with Gasteiger partial charge in [0.15, 0.2) is 0 Å². The molecule has 30 heavy (non-hydrogen) atoms. The molecule has 8 heteroatoms. The summed E-state index contributed by atoms with van der Waals surface area (Å²) in [5, 5.41) is 7.83. The Labute approximate surface area is 175 Å². The highest BCUT2D eigenvalue weighted by atomic mass is 19.1. The monoisotopic (exact) mass is 415 g/mol. The third kappa shape index (κ3) is 8.30. The summed E-state index contributed by atoms with van der Waals surface area (Å²) >= 11 is 0. The number of hydrogen-bond acceptors (Lipinski definition) is 4. The molecule has 0 aromatic heterocycles. The topological polar surface area (TPSA) is 96.5 Å². The van der Waals surface area contributed by atoms with E-state index in [-0.39, 0.29) is 25.4 Å². The fraction of sp³-hybridized carbons (Fsp3) is 0.318. The third-order valence-corrected chi connectivity index (χ3v) is 3.81. The molecule has 160 valence electrons. The lowest BCUT2D eigenvalue weighted by Gasteiger charge is -2.19. The fourth-order valence-corrected chi connectivity index (χ4v) is 2.55. The van der Waals surface area contributed by atoms with E-state index in [0.717, 1.165) is 0 Å². The van der Waals surface area contributed by atoms with Gasteiger partial charge in [0.25, 0.3) is 0 Å². The molecular formula is C22H26FN3O4. The van der Waals surface area contributed by atoms with Crippen molar-refractivity contribution in [1.29, 1.82) is 0 Å². The van der Waals surface area contributed by atoms with Crippen molar-refractivity contribution < 1.29 is 23.5 Å². The smallest absolute Gasteiger partial charge is 0.408 e. The van der Waals surface area contributed by atoms with Crippen LogP contribution < -0.4 is 16.0 Å². The predicted octanol–water partition coefficient (Wildman–Crippen LogP) is 3.15. The summed E-state index contributed by atoms with van der Waals surface area (Å²) in [5.41, 5.74) is 1.14. The van der Waals surface area contributed by atoms with Crippen LogP contribution in [0, 0.1) is 5.82 Å². The molecule has 0 bridgehead atoms. The predicted molar refractivity (Wildman–Crippen MR) is 111 cm³/mol. The number of carbonyl (C=O) groups excluding carboxylic acids is 3. The zero-order chi connectivity index (χ0) is 22.1. The zero-order valence-electron chi connectivity index (χ0n) is 17.3. The van der Waals surface area contributed by atoms with Gasteiger partial charge in [-0.3, -0.25) is 9.59 Å². The molecule has 0 aliphatic heterocycles. The molecule has 0 heterocycles. The van der Waals surface area contributed by atoms with E-state index in [0.29, 0.717) is 16.8 Å². The molecule has 3 N–H and O–H groups in total. The molecule has 0 atom stereocenters. The van der Waals surface area contributed by atoms with Gasteiger partial charge in [-0.1, -0.05) is 30.3 Å². The van der Waals surface area contributed by atoms with Crippen LogP contribution in [0.4, 0.5) is 14.9 Å². The number of anilines is 1. The quantitative estimate of drug-likeness (QED) is 0.647. The van der Waals surface area contributed by atoms with Crippen molar-refractivity contribution in [2.45, 2.75) is 39.3 Å². The molecule has 0 radical (unpaired) electrons. The number of carbonyl (C=O) groups is 3. The number of amides is 3. The van der Waals surface area contributed by atoms with Gasteiger partial charge in [0.05, 0.1) is 6.42 Å². The summed E-state index contributed by atoms with van der Waals surface area (Å²) in [6, 6.07) is 12.9. The second-order valence-corrected chi connectivity index (χ2v) is 7.64. The lowest BCUT2D eigenvalue weighted by Crippen LogP contribution is -2.39. The van der Waals surface area contributed by atoms with Crippen LogP contribution in [0.15, 0.2) is 48.5 Å². The summed E-state index contributed by atoms with van der Waals surface area (Å²) in [6.07, 6.45) is -0.652. The highest BCUT2D eigenvalue weighted by molar-refractivity contribution is 5.93. The normalized spacial score (nSPS) is 10.8. The van der Waals surface area contributed by atoms with E-state index < -0.39 is 23.4 Å². The summed E-state index contributed by atoms with van der Waals surface area (Å²) in [7, 11) is 0. The average Bonchev–Trinajstić information content (AvgIpc) is 2.64. The molecule has 2 rings (SSSR count). The van der Waals surface area contributed by atoms with Crippen LogP contribution in [-0.4, -0.2) is 30.1 Å². The van der Waals surface area contributed by atoms with Crippen LogP contribution in [0.25, 0.3) is 0 Å². The van der Waals surface area contributed by atoms with Crippen molar-refractivity contribution in [2.75, 3.05) is 11.9 Å². The lowest BCUT2D eigenvalue weighted by atomic mass is 10.1. The van der Waals surface area contributed by atoms with Crippen molar-refractivity contribution in [3.8, 4) is 0 Å². The van der Waals surface area contributed by atoms with Crippen LogP contribution in [0.5, 0.6) is 0 Å². The van der Waals surface area contributed by atoms with Gasteiger partial charge in [0.1, 0.15) is 18.0 Å². The van der Waals surface area contributed by atoms with Gasteiger partial charge in [-0.2, -0.15) is 0 Å². The van der Waals surface area contributed by atoms with Crippen molar-refractivity contribution >= 4 is 23.6 Å². The second kappa shape index (κ2) is 10.4. The summed E-state index contributed by atoms with van der Waals surface area (Å²) in [6.45, 7) is 5.11. The molecule has 2 aromatic rings. The van der Waals surface area contributed by atoms with Gasteiger partial charge in [0, 0.05) is 12.2 Å². The Hall–Kier alpha value is -3.42. The summed E-state index contributed by atoms with van der Waals surface area (Å²) in [4.78, 5) is 35.9. The maximum absolute atomic E-state index is 13.3. The minimum atomic E-state index is -0.678. The Bertz CT molecular complexity index is 909. The Morgan fingerprint density at radius 2 is 1.70 bits per heavy atom. The first-order valence-electron chi connectivity index (χ1n) is 9.48. The van der Waals surface area contributed by atoms with Crippen LogP contribution in [0.1, 0.15) is 31.9 Å². The summed E-state index contributed by atoms with van der Waals surface area (Å²) < 4.78 is 18.3. The molecular weight excluding hydrogens is 389 g/mol. The minimum absolute atomic E-state index is 0.0261. The third-order valence-electron chi connectivity index (χ3n) is 3.81. The molecule has 0 saturated heterocycles. The molecule has 7 nitrogen and oxygen atoms in total. The van der Waals surface area contributed by atoms with E-state index in [4.69, 9.17) is 4.74 Å². The van der Waals surface area contributed by atoms with E-state index >= 15 is 0 Å². The van der Waals surface area contributed by atoms with E-state index in [2.05, 4.69) is 16.0 Å². The number of ether oxygens (including phenoxy) is 1. The number of rotatable bonds is 7. The van der Waals surface area contributed by atoms with Crippen molar-refractivity contribution in [3.05, 3.63) is 65.5 Å². The number of para-hydroxylation sites is 1. The fourth-order valence-electron chi connectivity index (χ4n) is 2.55. The number of benzene rings is 2. The Morgan fingerprint density at radius 1 is 0.967 bits per heavy atom. The van der Waals surface area contributed by atoms with Gasteiger partial charge in [0.2, 0.25) is 11.8 Å². The largest absolute Gasteiger partial charge is 0.444 e. The van der Waals surface area contributed by atoms with E-state index in [1.54, 1.807) is 57.2 Å². The van der Waals surface area contributed by atoms with Gasteiger partial charge >= 0.3 is 6.09 Å². The zero-order valence-corrected chi connectivity index (χ0v) is 17.3. The molecule has 3 amide bonds. The Morgan fingerprint density at radius 3 is 2.40 bits per heavy atom. The first-order chi connectivity index (χ1) is 14.1. The number of hydrogen-bond donors (Lipinski definition) is 3. The van der Waals surface area contributed by atoms with E-state index in [9.17, 15) is 18.8 Å². The first kappa shape index (κ1) is 22.9. The molecule has 0 saturated carbocycles. The molecule has 0 aliphatic rings. The Kier molecular flexibility index (Phi) is 7.91. The van der Waals surface area contributed by atoms with Crippen molar-refractivity contribution in [1.82, 2.24) is 10.6 Å². The van der Waals surface area contributed by atoms with E-state index in [1.807, 2.05) is 0 Å². The molecule has 2 aromatic carbocycles. The van der Waals surface area contributed by atoms with Crippen molar-refractivity contribution in [2.24, 2.45) is 0 Å². The molecule has 0 spiro atoms. The van der Waals surface area contributed by atoms with Gasteiger partial charge in [-0.25, -0.2) is 9.18 Å². The summed E-state index contributed by atoms with van der Waals surface area (Å²) in [5.74, 6) is -1.10. The number of alkyl carbamates (subject to hydrolysis) is 1. The van der Waals surface area contributed by atoms with E-state index in [1.165, 1.54) is 12.1 Å². The molecule has 0 fully saturated rings. The number of halogens is 1. The SMILES string of the molecule is CC(C)(C)OC(=O)NCC(=O)NCc1ccccc1NC(=O)Cc1cccc(F)c1. The van der Waals surface area contributed by atoms with Crippen LogP contribution >= 0.6 is 0 Å². The van der Waals surface area contributed by atoms with Gasteiger partial charge in [-0.15, -0.1) is 0 Å². The van der Waals surface area contributed by atoms with Crippen LogP contribution in [0.3, 0.4) is 0 Å². The van der Waals surface area contributed by atoms with Crippen LogP contribution in [0.2, 0.25) is 0 Å².